The van der Waals surface area contributed by atoms with E-state index in [9.17, 15) is 13.2 Å². The highest BCUT2D eigenvalue weighted by molar-refractivity contribution is 9.10. The number of anilines is 1. The number of nitrogens with one attached hydrogen (secondary N) is 1. The van der Waals surface area contributed by atoms with Gasteiger partial charge in [-0.05, 0) is 65.3 Å². The van der Waals surface area contributed by atoms with Crippen LogP contribution in [0.1, 0.15) is 6.92 Å². The number of hydrogen-bond acceptors (Lipinski definition) is 4. The second kappa shape index (κ2) is 8.39. The van der Waals surface area contributed by atoms with Crippen LogP contribution in [0.3, 0.4) is 0 Å². The van der Waals surface area contributed by atoms with Crippen molar-refractivity contribution in [3.63, 3.8) is 0 Å². The number of benzene rings is 2. The first-order chi connectivity index (χ1) is 12.1. The van der Waals surface area contributed by atoms with Gasteiger partial charge in [0.25, 0.3) is 5.91 Å². The topological polar surface area (TPSA) is 75.7 Å². The molecule has 6 nitrogen and oxygen atoms in total. The van der Waals surface area contributed by atoms with Crippen molar-refractivity contribution < 1.29 is 17.9 Å². The lowest BCUT2D eigenvalue weighted by Crippen LogP contribution is -2.30. The zero-order valence-corrected chi connectivity index (χ0v) is 17.5. The quantitative estimate of drug-likeness (QED) is 0.711. The van der Waals surface area contributed by atoms with Crippen LogP contribution in [0.15, 0.2) is 51.8 Å². The van der Waals surface area contributed by atoms with Gasteiger partial charge < -0.3 is 10.1 Å². The van der Waals surface area contributed by atoms with Gasteiger partial charge in [-0.2, -0.15) is 0 Å². The van der Waals surface area contributed by atoms with Gasteiger partial charge in [0.1, 0.15) is 5.75 Å². The number of sulfonamides is 1. The minimum Gasteiger partial charge on any atom is -0.480 e. The van der Waals surface area contributed by atoms with Gasteiger partial charge in [-0.3, -0.25) is 4.79 Å². The van der Waals surface area contributed by atoms with Crippen LogP contribution in [0.25, 0.3) is 0 Å². The predicted octanol–water partition coefficient (Wildman–Crippen LogP) is 3.76. The van der Waals surface area contributed by atoms with Crippen LogP contribution in [0.2, 0.25) is 5.02 Å². The Morgan fingerprint density at radius 2 is 1.81 bits per heavy atom. The lowest BCUT2D eigenvalue weighted by Gasteiger charge is -2.16. The molecule has 9 heteroatoms. The van der Waals surface area contributed by atoms with Crippen molar-refractivity contribution in [3.05, 3.63) is 52.0 Å². The fourth-order valence-electron chi connectivity index (χ4n) is 1.98. The van der Waals surface area contributed by atoms with Crippen LogP contribution in [0.5, 0.6) is 5.75 Å². The number of carbonyl (C=O) groups excluding carboxylic acids is 1. The monoisotopic (exact) mass is 460 g/mol. The van der Waals surface area contributed by atoms with Crippen molar-refractivity contribution in [3.8, 4) is 5.75 Å². The maximum absolute atomic E-state index is 12.3. The Balaban J connectivity index is 2.05. The molecule has 0 aliphatic heterocycles. The zero-order chi connectivity index (χ0) is 19.5. The molecule has 1 amide bonds. The molecule has 0 aromatic heterocycles. The van der Waals surface area contributed by atoms with E-state index in [2.05, 4.69) is 21.2 Å². The molecule has 0 saturated heterocycles. The lowest BCUT2D eigenvalue weighted by molar-refractivity contribution is -0.122. The number of rotatable bonds is 6. The van der Waals surface area contributed by atoms with Gasteiger partial charge in [-0.25, -0.2) is 12.7 Å². The van der Waals surface area contributed by atoms with Gasteiger partial charge in [0.15, 0.2) is 6.10 Å². The Labute approximate surface area is 166 Å². The molecule has 26 heavy (non-hydrogen) atoms. The maximum atomic E-state index is 12.3. The normalized spacial score (nSPS) is 12.7. The molecule has 0 heterocycles. The Bertz CT molecular complexity index is 901. The van der Waals surface area contributed by atoms with E-state index < -0.39 is 16.1 Å². The van der Waals surface area contributed by atoms with E-state index in [-0.39, 0.29) is 10.8 Å². The van der Waals surface area contributed by atoms with Crippen LogP contribution in [0.4, 0.5) is 5.69 Å². The maximum Gasteiger partial charge on any atom is 0.265 e. The fraction of sp³-hybridized carbons (Fsp3) is 0.235. The molecule has 0 aliphatic carbocycles. The molecular weight excluding hydrogens is 444 g/mol. The van der Waals surface area contributed by atoms with E-state index in [0.29, 0.717) is 20.9 Å². The molecule has 1 unspecified atom stereocenters. The summed E-state index contributed by atoms with van der Waals surface area (Å²) in [6.07, 6.45) is -0.766. The van der Waals surface area contributed by atoms with Crippen molar-refractivity contribution in [2.24, 2.45) is 0 Å². The summed E-state index contributed by atoms with van der Waals surface area (Å²) in [5, 5.41) is 3.24. The zero-order valence-electron chi connectivity index (χ0n) is 14.4. The number of halogens is 2. The Kier molecular flexibility index (Phi) is 6.68. The van der Waals surface area contributed by atoms with Crippen molar-refractivity contribution >= 4 is 49.1 Å². The van der Waals surface area contributed by atoms with Crippen molar-refractivity contribution in [2.45, 2.75) is 17.9 Å². The number of ether oxygens (including phenoxy) is 1. The summed E-state index contributed by atoms with van der Waals surface area (Å²) < 4.78 is 31.5. The summed E-state index contributed by atoms with van der Waals surface area (Å²) in [6, 6.07) is 10.9. The van der Waals surface area contributed by atoms with Crippen LogP contribution in [-0.2, 0) is 14.8 Å². The predicted molar refractivity (Wildman–Crippen MR) is 105 cm³/mol. The van der Waals surface area contributed by atoms with E-state index >= 15 is 0 Å². The third-order valence-electron chi connectivity index (χ3n) is 3.47. The summed E-state index contributed by atoms with van der Waals surface area (Å²) in [6.45, 7) is 1.61. The van der Waals surface area contributed by atoms with Gasteiger partial charge in [0.05, 0.1) is 9.37 Å². The van der Waals surface area contributed by atoms with Crippen molar-refractivity contribution in [2.75, 3.05) is 19.4 Å². The summed E-state index contributed by atoms with van der Waals surface area (Å²) in [7, 11) is -0.593. The van der Waals surface area contributed by atoms with Gasteiger partial charge in [0.2, 0.25) is 10.0 Å². The third-order valence-corrected chi connectivity index (χ3v) is 6.15. The lowest BCUT2D eigenvalue weighted by atomic mass is 10.3. The standard InChI is InChI=1S/C17H18BrClN2O4S/c1-11(25-16-9-4-12(19)10-15(16)18)17(22)20-13-5-7-14(8-6-13)26(23,24)21(2)3/h4-11H,1-3H3,(H,20,22). The molecule has 1 atom stereocenters. The number of hydrogen-bond donors (Lipinski definition) is 1. The van der Waals surface area contributed by atoms with Crippen LogP contribution in [-0.4, -0.2) is 38.8 Å². The minimum absolute atomic E-state index is 0.148. The summed E-state index contributed by atoms with van der Waals surface area (Å²) in [4.78, 5) is 12.4. The Hall–Kier alpha value is -1.61. The van der Waals surface area contributed by atoms with Gasteiger partial charge in [0, 0.05) is 24.8 Å². The molecule has 2 rings (SSSR count). The molecule has 0 radical (unpaired) electrons. The molecule has 0 bridgehead atoms. The van der Waals surface area contributed by atoms with Crippen molar-refractivity contribution in [1.82, 2.24) is 4.31 Å². The van der Waals surface area contributed by atoms with E-state index in [1.807, 2.05) is 0 Å². The number of carbonyl (C=O) groups is 1. The minimum atomic E-state index is -3.51. The van der Waals surface area contributed by atoms with E-state index in [1.54, 1.807) is 25.1 Å². The van der Waals surface area contributed by atoms with Crippen molar-refractivity contribution in [1.29, 1.82) is 0 Å². The van der Waals surface area contributed by atoms with Gasteiger partial charge in [-0.1, -0.05) is 11.6 Å². The fourth-order valence-corrected chi connectivity index (χ4v) is 3.66. The van der Waals surface area contributed by atoms with Crippen LogP contribution < -0.4 is 10.1 Å². The molecular formula is C17H18BrClN2O4S. The molecule has 0 saturated carbocycles. The molecule has 0 fully saturated rings. The molecule has 2 aromatic rings. The number of nitrogens with zero attached hydrogens (tertiary/aromatic N) is 1. The summed E-state index contributed by atoms with van der Waals surface area (Å²) in [5.74, 6) is 0.125. The Morgan fingerprint density at radius 3 is 2.35 bits per heavy atom. The highest BCUT2D eigenvalue weighted by Gasteiger charge is 2.19. The third kappa shape index (κ3) is 4.97. The highest BCUT2D eigenvalue weighted by atomic mass is 79.9. The second-order valence-corrected chi connectivity index (χ2v) is 9.08. The first kappa shape index (κ1) is 20.7. The summed E-state index contributed by atoms with van der Waals surface area (Å²) in [5.41, 5.74) is 0.471. The smallest absolute Gasteiger partial charge is 0.265 e. The van der Waals surface area contributed by atoms with E-state index in [4.69, 9.17) is 16.3 Å². The van der Waals surface area contributed by atoms with E-state index in [1.165, 1.54) is 38.4 Å². The molecule has 2 aromatic carbocycles. The first-order valence-corrected chi connectivity index (χ1v) is 10.2. The Morgan fingerprint density at radius 1 is 1.19 bits per heavy atom. The first-order valence-electron chi connectivity index (χ1n) is 7.56. The largest absolute Gasteiger partial charge is 0.480 e. The number of amides is 1. The molecule has 1 N–H and O–H groups in total. The van der Waals surface area contributed by atoms with Crippen LogP contribution >= 0.6 is 27.5 Å². The average Bonchev–Trinajstić information content (AvgIpc) is 2.57. The van der Waals surface area contributed by atoms with E-state index in [0.717, 1.165) is 4.31 Å². The molecule has 0 aliphatic rings. The second-order valence-electron chi connectivity index (χ2n) is 5.64. The highest BCUT2D eigenvalue weighted by Crippen LogP contribution is 2.29. The summed E-state index contributed by atoms with van der Waals surface area (Å²) >= 11 is 9.20. The SMILES string of the molecule is CC(Oc1ccc(Cl)cc1Br)C(=O)Nc1ccc(S(=O)(=O)N(C)C)cc1. The molecule has 140 valence electrons. The average molecular weight is 462 g/mol. The van der Waals surface area contributed by atoms with Gasteiger partial charge in [-0.15, -0.1) is 0 Å². The molecule has 0 spiro atoms. The van der Waals surface area contributed by atoms with Gasteiger partial charge >= 0.3 is 0 Å². The van der Waals surface area contributed by atoms with Crippen LogP contribution in [0, 0.1) is 0 Å².